The van der Waals surface area contributed by atoms with Gasteiger partial charge in [-0.05, 0) is 13.8 Å². The third-order valence-electron chi connectivity index (χ3n) is 0.886. The summed E-state index contributed by atoms with van der Waals surface area (Å²) in [7, 11) is 0. The van der Waals surface area contributed by atoms with Crippen LogP contribution in [0.15, 0.2) is 20.5 Å². The lowest BCUT2D eigenvalue weighted by atomic mass is 10.5. The topological polar surface area (TPSA) is 124 Å². The summed E-state index contributed by atoms with van der Waals surface area (Å²) in [4.78, 5) is 19.4. The highest BCUT2D eigenvalue weighted by Gasteiger charge is 2.13. The van der Waals surface area contributed by atoms with Crippen molar-refractivity contribution in [1.29, 1.82) is 0 Å². The Labute approximate surface area is 93.1 Å². The van der Waals surface area contributed by atoms with Crippen LogP contribution in [0.2, 0.25) is 0 Å². The lowest BCUT2D eigenvalue weighted by Crippen LogP contribution is -2.14. The highest BCUT2D eigenvalue weighted by Crippen LogP contribution is 1.96. The molecule has 0 saturated heterocycles. The van der Waals surface area contributed by atoms with Crippen molar-refractivity contribution in [2.45, 2.75) is 26.9 Å². The summed E-state index contributed by atoms with van der Waals surface area (Å²) in [6.07, 6.45) is -1.18. The standard InChI is InChI=1S/C6H12N4O2.C2H4O2/c1-3-7-9-5(6(11)12)10-8-4-2;1-2(3)4/h5H,3-4H2,1-2H3,(H,11,12);1H3,(H,3,4). The number of aliphatic carboxylic acids is 2. The summed E-state index contributed by atoms with van der Waals surface area (Å²) in [6, 6.07) is 0. The van der Waals surface area contributed by atoms with Crippen LogP contribution in [-0.2, 0) is 9.59 Å². The molecule has 16 heavy (non-hydrogen) atoms. The molecule has 0 aromatic carbocycles. The molecule has 0 spiro atoms. The molecule has 0 amide bonds. The van der Waals surface area contributed by atoms with Gasteiger partial charge in [0, 0.05) is 6.92 Å². The minimum atomic E-state index is -1.18. The lowest BCUT2D eigenvalue weighted by Gasteiger charge is -1.95. The van der Waals surface area contributed by atoms with Crippen LogP contribution in [0.25, 0.3) is 0 Å². The molecule has 0 atom stereocenters. The van der Waals surface area contributed by atoms with Gasteiger partial charge in [-0.2, -0.15) is 20.5 Å². The van der Waals surface area contributed by atoms with Gasteiger partial charge >= 0.3 is 5.97 Å². The molecule has 0 radical (unpaired) electrons. The molecule has 0 aliphatic rings. The van der Waals surface area contributed by atoms with E-state index in [0.717, 1.165) is 6.92 Å². The van der Waals surface area contributed by atoms with Gasteiger partial charge < -0.3 is 10.2 Å². The summed E-state index contributed by atoms with van der Waals surface area (Å²) in [6.45, 7) is 5.51. The zero-order chi connectivity index (χ0) is 13.0. The number of hydrogen-bond acceptors (Lipinski definition) is 6. The van der Waals surface area contributed by atoms with Crippen molar-refractivity contribution in [3.8, 4) is 0 Å². The summed E-state index contributed by atoms with van der Waals surface area (Å²) in [5.74, 6) is -1.97. The van der Waals surface area contributed by atoms with E-state index in [0.29, 0.717) is 13.1 Å². The normalized spacial score (nSPS) is 12.2. The number of hydrogen-bond donors (Lipinski definition) is 2. The van der Waals surface area contributed by atoms with Crippen molar-refractivity contribution in [2.75, 3.05) is 13.1 Å². The van der Waals surface area contributed by atoms with Crippen molar-refractivity contribution < 1.29 is 19.8 Å². The minimum absolute atomic E-state index is 0.450. The Morgan fingerprint density at radius 2 is 1.38 bits per heavy atom. The van der Waals surface area contributed by atoms with Crippen LogP contribution >= 0.6 is 0 Å². The van der Waals surface area contributed by atoms with E-state index in [1.54, 1.807) is 13.8 Å². The van der Waals surface area contributed by atoms with Crippen LogP contribution in [0.4, 0.5) is 0 Å². The van der Waals surface area contributed by atoms with E-state index in [1.165, 1.54) is 0 Å². The molecule has 0 unspecified atom stereocenters. The summed E-state index contributed by atoms with van der Waals surface area (Å²) < 4.78 is 0. The number of carboxylic acid groups (broad SMARTS) is 2. The highest BCUT2D eigenvalue weighted by atomic mass is 16.4. The first-order valence-electron chi connectivity index (χ1n) is 4.61. The van der Waals surface area contributed by atoms with Gasteiger partial charge in [-0.3, -0.25) is 4.79 Å². The van der Waals surface area contributed by atoms with Crippen LogP contribution in [0, 0.1) is 0 Å². The minimum Gasteiger partial charge on any atom is -0.481 e. The molecule has 0 aliphatic heterocycles. The van der Waals surface area contributed by atoms with Gasteiger partial charge in [0.05, 0.1) is 13.1 Å². The summed E-state index contributed by atoms with van der Waals surface area (Å²) in [5.41, 5.74) is 0. The van der Waals surface area contributed by atoms with Crippen molar-refractivity contribution in [2.24, 2.45) is 20.5 Å². The van der Waals surface area contributed by atoms with Crippen LogP contribution in [0.1, 0.15) is 20.8 Å². The molecule has 0 aromatic rings. The van der Waals surface area contributed by atoms with E-state index >= 15 is 0 Å². The van der Waals surface area contributed by atoms with E-state index in [-0.39, 0.29) is 0 Å². The molecule has 2 N–H and O–H groups in total. The van der Waals surface area contributed by atoms with Gasteiger partial charge in [-0.15, -0.1) is 0 Å². The molecule has 0 rings (SSSR count). The maximum absolute atomic E-state index is 10.4. The molecule has 8 nitrogen and oxygen atoms in total. The SMILES string of the molecule is CC(=O)O.CCN=NC(N=NCC)C(=O)O. The maximum Gasteiger partial charge on any atom is 0.354 e. The second kappa shape index (κ2) is 11.2. The van der Waals surface area contributed by atoms with Crippen LogP contribution < -0.4 is 0 Å². The lowest BCUT2D eigenvalue weighted by molar-refractivity contribution is -0.138. The predicted molar refractivity (Wildman–Crippen MR) is 55.5 cm³/mol. The van der Waals surface area contributed by atoms with E-state index in [4.69, 9.17) is 15.0 Å². The Morgan fingerprint density at radius 1 is 1.06 bits per heavy atom. The van der Waals surface area contributed by atoms with Crippen molar-refractivity contribution >= 4 is 11.9 Å². The first-order valence-corrected chi connectivity index (χ1v) is 4.61. The van der Waals surface area contributed by atoms with Crippen molar-refractivity contribution in [1.82, 2.24) is 0 Å². The maximum atomic E-state index is 10.4. The molecular formula is C8H16N4O4. The Balaban J connectivity index is 0. The molecule has 0 aromatic heterocycles. The Morgan fingerprint density at radius 3 is 1.56 bits per heavy atom. The first kappa shape index (κ1) is 16.6. The fraction of sp³-hybridized carbons (Fsp3) is 0.750. The predicted octanol–water partition coefficient (Wildman–Crippen LogP) is 1.43. The van der Waals surface area contributed by atoms with E-state index in [1.807, 2.05) is 0 Å². The van der Waals surface area contributed by atoms with Gasteiger partial charge in [-0.1, -0.05) is 0 Å². The third-order valence-corrected chi connectivity index (χ3v) is 0.886. The molecule has 0 bridgehead atoms. The molecule has 0 fully saturated rings. The third kappa shape index (κ3) is 14.7. The second-order valence-electron chi connectivity index (χ2n) is 2.38. The Hall–Kier alpha value is -1.86. The van der Waals surface area contributed by atoms with Crippen LogP contribution in [0.3, 0.4) is 0 Å². The van der Waals surface area contributed by atoms with Crippen LogP contribution in [0.5, 0.6) is 0 Å². The van der Waals surface area contributed by atoms with Crippen LogP contribution in [-0.4, -0.2) is 41.4 Å². The van der Waals surface area contributed by atoms with Crippen molar-refractivity contribution in [3.05, 3.63) is 0 Å². The van der Waals surface area contributed by atoms with Gasteiger partial charge in [0.2, 0.25) is 0 Å². The molecule has 8 heteroatoms. The molecule has 0 heterocycles. The average molecular weight is 232 g/mol. The number of azo groups is 2. The Kier molecular flexibility index (Phi) is 11.6. The molecular weight excluding hydrogens is 216 g/mol. The smallest absolute Gasteiger partial charge is 0.354 e. The van der Waals surface area contributed by atoms with Crippen molar-refractivity contribution in [3.63, 3.8) is 0 Å². The highest BCUT2D eigenvalue weighted by molar-refractivity contribution is 5.72. The number of rotatable bonds is 5. The number of carbonyl (C=O) groups is 2. The number of carboxylic acids is 2. The fourth-order valence-electron chi connectivity index (χ4n) is 0.440. The molecule has 92 valence electrons. The zero-order valence-corrected chi connectivity index (χ0v) is 9.49. The Bertz CT molecular complexity index is 247. The van der Waals surface area contributed by atoms with Gasteiger partial charge in [0.1, 0.15) is 0 Å². The number of nitrogens with zero attached hydrogens (tertiary/aromatic N) is 4. The van der Waals surface area contributed by atoms with E-state index < -0.39 is 18.1 Å². The quantitative estimate of drug-likeness (QED) is 0.695. The monoisotopic (exact) mass is 232 g/mol. The molecule has 0 aliphatic carbocycles. The van der Waals surface area contributed by atoms with Gasteiger partial charge in [0.25, 0.3) is 12.1 Å². The summed E-state index contributed by atoms with van der Waals surface area (Å²) >= 11 is 0. The van der Waals surface area contributed by atoms with Gasteiger partial charge in [-0.25, -0.2) is 4.79 Å². The first-order chi connectivity index (χ1) is 7.45. The average Bonchev–Trinajstić information content (AvgIpc) is 2.16. The zero-order valence-electron chi connectivity index (χ0n) is 9.49. The second-order valence-corrected chi connectivity index (χ2v) is 2.38. The van der Waals surface area contributed by atoms with Gasteiger partial charge in [0.15, 0.2) is 0 Å². The van der Waals surface area contributed by atoms with E-state index in [2.05, 4.69) is 20.5 Å². The summed E-state index contributed by atoms with van der Waals surface area (Å²) in [5, 5.41) is 29.9. The largest absolute Gasteiger partial charge is 0.481 e. The molecule has 0 saturated carbocycles. The van der Waals surface area contributed by atoms with E-state index in [9.17, 15) is 4.79 Å². The fourth-order valence-corrected chi connectivity index (χ4v) is 0.440.